The average molecular weight is 731 g/mol. The minimum Gasteiger partial charge on any atom is -0.465 e. The summed E-state index contributed by atoms with van der Waals surface area (Å²) in [5, 5.41) is 16.3. The Bertz CT molecular complexity index is 2040. The molecule has 0 radical (unpaired) electrons. The number of fused-ring (bicyclic) bond motifs is 1. The summed E-state index contributed by atoms with van der Waals surface area (Å²) in [6, 6.07) is 5.54. The van der Waals surface area contributed by atoms with Gasteiger partial charge in [0, 0.05) is 53.9 Å². The Morgan fingerprint density at radius 1 is 1.14 bits per heavy atom. The number of carbonyl (C=O) groups excluding carboxylic acids is 2. The van der Waals surface area contributed by atoms with E-state index in [2.05, 4.69) is 20.6 Å². The van der Waals surface area contributed by atoms with Crippen LogP contribution >= 0.6 is 11.3 Å². The van der Waals surface area contributed by atoms with Crippen molar-refractivity contribution in [2.45, 2.75) is 52.9 Å². The lowest BCUT2D eigenvalue weighted by Gasteiger charge is -2.53. The van der Waals surface area contributed by atoms with Crippen LogP contribution in [0, 0.1) is 5.41 Å². The summed E-state index contributed by atoms with van der Waals surface area (Å²) >= 11 is 0.742. The fourth-order valence-electron chi connectivity index (χ4n) is 6.07. The molecule has 1 saturated heterocycles. The van der Waals surface area contributed by atoms with Gasteiger partial charge in [0.25, 0.3) is 0 Å². The Morgan fingerprint density at radius 2 is 1.88 bits per heavy atom. The lowest BCUT2D eigenvalue weighted by atomic mass is 9.72. The van der Waals surface area contributed by atoms with Crippen LogP contribution in [0.4, 0.5) is 28.6 Å². The normalized spacial score (nSPS) is 16.6. The molecule has 4 aromatic rings. The van der Waals surface area contributed by atoms with E-state index < -0.39 is 46.3 Å². The summed E-state index contributed by atoms with van der Waals surface area (Å²) in [5.74, 6) is -0.838. The van der Waals surface area contributed by atoms with Crippen molar-refractivity contribution in [1.82, 2.24) is 24.8 Å². The fourth-order valence-corrected chi connectivity index (χ4v) is 6.92. The summed E-state index contributed by atoms with van der Waals surface area (Å²) < 4.78 is 53.4. The SMILES string of the molecule is CCNC(=O)Nc1cc(-c2nc(C(F)(F)F)cs2)c(-c2ccc3c(c2)c(=O)c(C(=O)OCC)cn3C[C@@]2(C(C)(C)C)COCCN2C(=O)O)cn1. The number of morpholine rings is 1. The maximum atomic E-state index is 14.0. The molecule has 4 heterocycles. The number of aromatic nitrogens is 3. The highest BCUT2D eigenvalue weighted by atomic mass is 32.1. The predicted molar refractivity (Wildman–Crippen MR) is 184 cm³/mol. The molecule has 1 aliphatic heterocycles. The molecule has 17 heteroatoms. The van der Waals surface area contributed by atoms with E-state index in [0.717, 1.165) is 16.7 Å². The number of hydrogen-bond donors (Lipinski definition) is 3. The lowest BCUT2D eigenvalue weighted by molar-refractivity contribution is -0.140. The van der Waals surface area contributed by atoms with Crippen LogP contribution in [0.15, 0.2) is 46.8 Å². The highest BCUT2D eigenvalue weighted by Gasteiger charge is 2.51. The van der Waals surface area contributed by atoms with E-state index >= 15 is 0 Å². The standard InChI is InChI=1S/C34H37F3N6O7S/c1-6-38-30(46)41-26-13-20(28-40-25(16-51-28)34(35,36)37)22(14-39-26)19-8-9-24-21(12-19)27(44)23(29(45)50-7-2)15-42(24)17-33(32(3,4)5)18-49-11-10-43(33)31(47)48/h8-9,12-16H,6-7,10-11,17-18H2,1-5H3,(H,47,48)(H2,38,39,41,46)/t33-/m0/s1. The summed E-state index contributed by atoms with van der Waals surface area (Å²) in [6.07, 6.45) is -3.15. The van der Waals surface area contributed by atoms with Gasteiger partial charge in [-0.25, -0.2) is 24.4 Å². The molecule has 1 aliphatic rings. The fraction of sp³-hybridized carbons (Fsp3) is 0.412. The van der Waals surface area contributed by atoms with E-state index in [1.165, 1.54) is 29.4 Å². The molecule has 0 saturated carbocycles. The van der Waals surface area contributed by atoms with E-state index in [-0.39, 0.29) is 65.8 Å². The van der Waals surface area contributed by atoms with Crippen molar-refractivity contribution in [3.63, 3.8) is 0 Å². The third kappa shape index (κ3) is 7.39. The highest BCUT2D eigenvalue weighted by molar-refractivity contribution is 7.13. The van der Waals surface area contributed by atoms with E-state index in [0.29, 0.717) is 17.6 Å². The van der Waals surface area contributed by atoms with Gasteiger partial charge >= 0.3 is 24.3 Å². The van der Waals surface area contributed by atoms with E-state index in [1.807, 2.05) is 20.8 Å². The number of ether oxygens (including phenoxy) is 2. The van der Waals surface area contributed by atoms with Crippen LogP contribution in [0.5, 0.6) is 0 Å². The van der Waals surface area contributed by atoms with Crippen LogP contribution in [-0.2, 0) is 22.2 Å². The van der Waals surface area contributed by atoms with Crippen molar-refractivity contribution in [2.24, 2.45) is 5.41 Å². The van der Waals surface area contributed by atoms with Gasteiger partial charge in [0.15, 0.2) is 5.69 Å². The first-order valence-corrected chi connectivity index (χ1v) is 16.9. The molecule has 0 bridgehead atoms. The molecule has 0 unspecified atom stereocenters. The molecule has 1 aromatic carbocycles. The van der Waals surface area contributed by atoms with Crippen LogP contribution in [-0.4, -0.2) is 81.1 Å². The number of carboxylic acid groups (broad SMARTS) is 1. The van der Waals surface area contributed by atoms with E-state index in [4.69, 9.17) is 9.47 Å². The number of nitrogens with one attached hydrogen (secondary N) is 2. The topological polar surface area (TPSA) is 165 Å². The monoisotopic (exact) mass is 730 g/mol. The third-order valence-electron chi connectivity index (χ3n) is 8.77. The zero-order chi connectivity index (χ0) is 37.3. The molecular weight excluding hydrogens is 693 g/mol. The number of rotatable bonds is 8. The van der Waals surface area contributed by atoms with Gasteiger partial charge < -0.3 is 24.5 Å². The van der Waals surface area contributed by atoms with Crippen molar-refractivity contribution >= 4 is 46.2 Å². The maximum Gasteiger partial charge on any atom is 0.434 e. The maximum absolute atomic E-state index is 14.0. The number of amides is 3. The molecule has 0 aliphatic carbocycles. The summed E-state index contributed by atoms with van der Waals surface area (Å²) in [4.78, 5) is 61.3. The minimum absolute atomic E-state index is 0.00232. The van der Waals surface area contributed by atoms with Gasteiger partial charge in [0.1, 0.15) is 16.4 Å². The van der Waals surface area contributed by atoms with Crippen molar-refractivity contribution in [1.29, 1.82) is 0 Å². The van der Waals surface area contributed by atoms with Gasteiger partial charge in [-0.3, -0.25) is 15.0 Å². The quantitative estimate of drug-likeness (QED) is 0.176. The number of hydrogen-bond acceptors (Lipinski definition) is 9. The van der Waals surface area contributed by atoms with Crippen molar-refractivity contribution in [2.75, 3.05) is 38.2 Å². The van der Waals surface area contributed by atoms with Crippen LogP contribution in [0.3, 0.4) is 0 Å². The van der Waals surface area contributed by atoms with Crippen molar-refractivity contribution < 1.29 is 42.1 Å². The largest absolute Gasteiger partial charge is 0.465 e. The number of pyridine rings is 2. The lowest BCUT2D eigenvalue weighted by Crippen LogP contribution is -2.67. The number of alkyl halides is 3. The van der Waals surface area contributed by atoms with E-state index in [9.17, 15) is 37.5 Å². The van der Waals surface area contributed by atoms with Crippen LogP contribution in [0.1, 0.15) is 50.7 Å². The molecule has 13 nitrogen and oxygen atoms in total. The Hall–Kier alpha value is -5.03. The Balaban J connectivity index is 1.73. The first-order chi connectivity index (χ1) is 24.0. The highest BCUT2D eigenvalue weighted by Crippen LogP contribution is 2.42. The Kier molecular flexibility index (Phi) is 10.4. The van der Waals surface area contributed by atoms with Crippen molar-refractivity contribution in [3.8, 4) is 21.7 Å². The molecule has 5 rings (SSSR count). The van der Waals surface area contributed by atoms with Crippen LogP contribution < -0.4 is 16.1 Å². The van der Waals surface area contributed by atoms with Gasteiger partial charge in [-0.15, -0.1) is 11.3 Å². The Labute approximate surface area is 294 Å². The van der Waals surface area contributed by atoms with E-state index in [1.54, 1.807) is 30.5 Å². The van der Waals surface area contributed by atoms with Crippen LogP contribution in [0.2, 0.25) is 0 Å². The van der Waals surface area contributed by atoms with Gasteiger partial charge in [0.05, 0.1) is 30.9 Å². The zero-order valence-corrected chi connectivity index (χ0v) is 29.3. The van der Waals surface area contributed by atoms with Gasteiger partial charge in [-0.2, -0.15) is 13.2 Å². The first-order valence-electron chi connectivity index (χ1n) is 16.0. The molecular formula is C34H37F3N6O7S. The van der Waals surface area contributed by atoms with Gasteiger partial charge in [0.2, 0.25) is 5.43 Å². The molecule has 3 amide bonds. The third-order valence-corrected chi connectivity index (χ3v) is 9.65. The van der Waals surface area contributed by atoms with Crippen LogP contribution in [0.25, 0.3) is 32.6 Å². The molecule has 1 atom stereocenters. The van der Waals surface area contributed by atoms with Crippen molar-refractivity contribution in [3.05, 3.63) is 63.5 Å². The van der Waals surface area contributed by atoms with Gasteiger partial charge in [-0.1, -0.05) is 26.8 Å². The Morgan fingerprint density at radius 3 is 2.51 bits per heavy atom. The zero-order valence-electron chi connectivity index (χ0n) is 28.5. The smallest absolute Gasteiger partial charge is 0.434 e. The number of carbonyl (C=O) groups is 3. The second-order valence-corrected chi connectivity index (χ2v) is 13.7. The molecule has 0 spiro atoms. The number of urea groups is 1. The number of nitrogens with zero attached hydrogens (tertiary/aromatic N) is 4. The number of halogens is 3. The second kappa shape index (κ2) is 14.3. The summed E-state index contributed by atoms with van der Waals surface area (Å²) in [7, 11) is 0. The molecule has 1 fully saturated rings. The molecule has 51 heavy (non-hydrogen) atoms. The first kappa shape index (κ1) is 37.2. The van der Waals surface area contributed by atoms with Gasteiger partial charge in [-0.05, 0) is 43.0 Å². The minimum atomic E-state index is -4.70. The molecule has 3 N–H and O–H groups in total. The average Bonchev–Trinajstić information content (AvgIpc) is 3.57. The predicted octanol–water partition coefficient (Wildman–Crippen LogP) is 6.32. The summed E-state index contributed by atoms with van der Waals surface area (Å²) in [5.41, 5.74) is -2.68. The number of benzene rings is 1. The molecule has 3 aromatic heterocycles. The number of anilines is 1. The molecule has 272 valence electrons. The summed E-state index contributed by atoms with van der Waals surface area (Å²) in [6.45, 7) is 9.61. The second-order valence-electron chi connectivity index (χ2n) is 12.9. The number of esters is 1. The number of thiazole rings is 1.